The predicted octanol–water partition coefficient (Wildman–Crippen LogP) is 4.47. The second kappa shape index (κ2) is 9.24. The Labute approximate surface area is 136 Å². The molecule has 1 unspecified atom stereocenters. The third-order valence-corrected chi connectivity index (χ3v) is 5.11. The molecular formula is C18H26BrNO. The number of alkyl halides is 1. The van der Waals surface area contributed by atoms with Crippen LogP contribution in [0.2, 0.25) is 0 Å². The van der Waals surface area contributed by atoms with E-state index in [4.69, 9.17) is 0 Å². The Bertz CT molecular complexity index is 412. The summed E-state index contributed by atoms with van der Waals surface area (Å²) in [6.45, 7) is 0. The molecule has 116 valence electrons. The Morgan fingerprint density at radius 2 is 1.81 bits per heavy atom. The van der Waals surface area contributed by atoms with Gasteiger partial charge in [0.15, 0.2) is 0 Å². The summed E-state index contributed by atoms with van der Waals surface area (Å²) in [6, 6.07) is 10.5. The number of carbonyl (C=O) groups excluding carboxylic acids is 1. The minimum atomic E-state index is 0.186. The largest absolute Gasteiger partial charge is 0.352 e. The van der Waals surface area contributed by atoms with Crippen LogP contribution in [0.3, 0.4) is 0 Å². The van der Waals surface area contributed by atoms with E-state index < -0.39 is 0 Å². The van der Waals surface area contributed by atoms with Crippen molar-refractivity contribution in [2.45, 2.75) is 57.4 Å². The van der Waals surface area contributed by atoms with Gasteiger partial charge in [0.1, 0.15) is 0 Å². The van der Waals surface area contributed by atoms with E-state index in [2.05, 4.69) is 33.4 Å². The normalized spacial score (nSPS) is 18.0. The SMILES string of the molecule is O=C(CC1CCCCCC1)NC(CBr)Cc1ccccc1. The molecule has 0 bridgehead atoms. The lowest BCUT2D eigenvalue weighted by molar-refractivity contribution is -0.122. The van der Waals surface area contributed by atoms with Gasteiger partial charge in [0.05, 0.1) is 0 Å². The van der Waals surface area contributed by atoms with E-state index >= 15 is 0 Å². The van der Waals surface area contributed by atoms with E-state index in [-0.39, 0.29) is 11.9 Å². The Hall–Kier alpha value is -0.830. The fourth-order valence-corrected chi connectivity index (χ4v) is 3.55. The average molecular weight is 352 g/mol. The summed E-state index contributed by atoms with van der Waals surface area (Å²) in [5.74, 6) is 0.822. The van der Waals surface area contributed by atoms with Crippen LogP contribution in [0.5, 0.6) is 0 Å². The third kappa shape index (κ3) is 6.21. The van der Waals surface area contributed by atoms with Crippen LogP contribution >= 0.6 is 15.9 Å². The second-order valence-corrected chi connectivity index (χ2v) is 6.82. The molecule has 1 aromatic carbocycles. The zero-order chi connectivity index (χ0) is 14.9. The molecule has 0 spiro atoms. The summed E-state index contributed by atoms with van der Waals surface area (Å²) in [6.07, 6.45) is 9.33. The quantitative estimate of drug-likeness (QED) is 0.594. The maximum absolute atomic E-state index is 12.3. The van der Waals surface area contributed by atoms with Crippen molar-refractivity contribution in [3.63, 3.8) is 0 Å². The van der Waals surface area contributed by atoms with Crippen LogP contribution in [0.1, 0.15) is 50.5 Å². The summed E-state index contributed by atoms with van der Waals surface area (Å²) in [4.78, 5) is 12.3. The summed E-state index contributed by atoms with van der Waals surface area (Å²) < 4.78 is 0. The first-order valence-electron chi connectivity index (χ1n) is 8.17. The first-order chi connectivity index (χ1) is 10.3. The molecule has 1 saturated carbocycles. The zero-order valence-corrected chi connectivity index (χ0v) is 14.3. The summed E-state index contributed by atoms with van der Waals surface area (Å²) in [5.41, 5.74) is 1.27. The van der Waals surface area contributed by atoms with Crippen LogP contribution in [-0.4, -0.2) is 17.3 Å². The van der Waals surface area contributed by atoms with E-state index in [1.165, 1.54) is 44.1 Å². The molecular weight excluding hydrogens is 326 g/mol. The van der Waals surface area contributed by atoms with Crippen molar-refractivity contribution in [1.82, 2.24) is 5.32 Å². The fourth-order valence-electron chi connectivity index (χ4n) is 3.16. The van der Waals surface area contributed by atoms with E-state index in [0.717, 1.165) is 11.8 Å². The minimum absolute atomic E-state index is 0.186. The molecule has 1 aromatic rings. The smallest absolute Gasteiger partial charge is 0.220 e. The van der Waals surface area contributed by atoms with Gasteiger partial charge in [-0.1, -0.05) is 71.9 Å². The van der Waals surface area contributed by atoms with Gasteiger partial charge in [-0.15, -0.1) is 0 Å². The van der Waals surface area contributed by atoms with E-state index in [9.17, 15) is 4.79 Å². The number of halogens is 1. The first-order valence-corrected chi connectivity index (χ1v) is 9.29. The average Bonchev–Trinajstić information content (AvgIpc) is 2.76. The van der Waals surface area contributed by atoms with Gasteiger partial charge in [-0.05, 0) is 30.7 Å². The van der Waals surface area contributed by atoms with Gasteiger partial charge in [-0.3, -0.25) is 4.79 Å². The highest BCUT2D eigenvalue weighted by molar-refractivity contribution is 9.09. The number of benzene rings is 1. The molecule has 1 fully saturated rings. The summed E-state index contributed by atoms with van der Waals surface area (Å²) in [5, 5.41) is 4.00. The molecule has 0 aliphatic heterocycles. The van der Waals surface area contributed by atoms with Gasteiger partial charge in [0.25, 0.3) is 0 Å². The molecule has 2 rings (SSSR count). The van der Waals surface area contributed by atoms with Gasteiger partial charge in [0, 0.05) is 17.8 Å². The highest BCUT2D eigenvalue weighted by Crippen LogP contribution is 2.25. The Morgan fingerprint density at radius 1 is 1.14 bits per heavy atom. The van der Waals surface area contributed by atoms with Crippen molar-refractivity contribution in [2.75, 3.05) is 5.33 Å². The standard InChI is InChI=1S/C18H26BrNO/c19-14-17(12-15-8-6-3-7-9-15)20-18(21)13-16-10-4-1-2-5-11-16/h3,6-9,16-17H,1-2,4-5,10-14H2,(H,20,21). The van der Waals surface area contributed by atoms with Crippen LogP contribution in [0, 0.1) is 5.92 Å². The minimum Gasteiger partial charge on any atom is -0.352 e. The Kier molecular flexibility index (Phi) is 7.28. The maximum atomic E-state index is 12.3. The number of nitrogens with one attached hydrogen (secondary N) is 1. The summed E-state index contributed by atoms with van der Waals surface area (Å²) in [7, 11) is 0. The lowest BCUT2D eigenvalue weighted by atomic mass is 9.96. The second-order valence-electron chi connectivity index (χ2n) is 6.17. The van der Waals surface area contributed by atoms with Gasteiger partial charge < -0.3 is 5.32 Å². The topological polar surface area (TPSA) is 29.1 Å². The monoisotopic (exact) mass is 351 g/mol. The van der Waals surface area contributed by atoms with Gasteiger partial charge in [-0.2, -0.15) is 0 Å². The van der Waals surface area contributed by atoms with Crippen LogP contribution in [0.15, 0.2) is 30.3 Å². The van der Waals surface area contributed by atoms with Crippen molar-refractivity contribution in [3.8, 4) is 0 Å². The molecule has 0 aromatic heterocycles. The number of carbonyl (C=O) groups is 1. The third-order valence-electron chi connectivity index (χ3n) is 4.33. The number of amides is 1. The highest BCUT2D eigenvalue weighted by atomic mass is 79.9. The van der Waals surface area contributed by atoms with Crippen molar-refractivity contribution < 1.29 is 4.79 Å². The van der Waals surface area contributed by atoms with Crippen LogP contribution in [-0.2, 0) is 11.2 Å². The van der Waals surface area contributed by atoms with Gasteiger partial charge in [0.2, 0.25) is 5.91 Å². The fraction of sp³-hybridized carbons (Fsp3) is 0.611. The molecule has 3 heteroatoms. The van der Waals surface area contributed by atoms with Crippen molar-refractivity contribution in [2.24, 2.45) is 5.92 Å². The number of hydrogen-bond donors (Lipinski definition) is 1. The molecule has 21 heavy (non-hydrogen) atoms. The molecule has 1 aliphatic rings. The number of hydrogen-bond acceptors (Lipinski definition) is 1. The highest BCUT2D eigenvalue weighted by Gasteiger charge is 2.18. The molecule has 0 saturated heterocycles. The van der Waals surface area contributed by atoms with Gasteiger partial charge in [-0.25, -0.2) is 0 Å². The zero-order valence-electron chi connectivity index (χ0n) is 12.7. The summed E-state index contributed by atoms with van der Waals surface area (Å²) >= 11 is 3.52. The molecule has 2 nitrogen and oxygen atoms in total. The van der Waals surface area contributed by atoms with E-state index in [1.807, 2.05) is 18.2 Å². The lowest BCUT2D eigenvalue weighted by Gasteiger charge is -2.19. The van der Waals surface area contributed by atoms with Crippen molar-refractivity contribution >= 4 is 21.8 Å². The van der Waals surface area contributed by atoms with Gasteiger partial charge >= 0.3 is 0 Å². The Morgan fingerprint density at radius 3 is 2.43 bits per heavy atom. The van der Waals surface area contributed by atoms with E-state index in [1.54, 1.807) is 0 Å². The van der Waals surface area contributed by atoms with E-state index in [0.29, 0.717) is 12.3 Å². The molecule has 1 amide bonds. The molecule has 1 aliphatic carbocycles. The van der Waals surface area contributed by atoms with Crippen LogP contribution in [0.25, 0.3) is 0 Å². The first kappa shape index (κ1) is 16.5. The van der Waals surface area contributed by atoms with Crippen LogP contribution < -0.4 is 5.32 Å². The maximum Gasteiger partial charge on any atom is 0.220 e. The van der Waals surface area contributed by atoms with Crippen molar-refractivity contribution in [1.29, 1.82) is 0 Å². The predicted molar refractivity (Wildman–Crippen MR) is 91.7 cm³/mol. The van der Waals surface area contributed by atoms with Crippen LogP contribution in [0.4, 0.5) is 0 Å². The molecule has 1 atom stereocenters. The molecule has 1 N–H and O–H groups in total. The van der Waals surface area contributed by atoms with Crippen molar-refractivity contribution in [3.05, 3.63) is 35.9 Å². The lowest BCUT2D eigenvalue weighted by Crippen LogP contribution is -2.38. The Balaban J connectivity index is 1.79. The number of rotatable bonds is 6. The molecule has 0 heterocycles. The molecule has 0 radical (unpaired) electrons.